The van der Waals surface area contributed by atoms with Crippen LogP contribution in [0.2, 0.25) is 0 Å². The van der Waals surface area contributed by atoms with Gasteiger partial charge in [0.25, 0.3) is 0 Å². The van der Waals surface area contributed by atoms with Gasteiger partial charge in [-0.2, -0.15) is 0 Å². The summed E-state index contributed by atoms with van der Waals surface area (Å²) >= 11 is 5.67. The fraction of sp³-hybridized carbons (Fsp3) is 0.571. The summed E-state index contributed by atoms with van der Waals surface area (Å²) in [5.41, 5.74) is 0. The van der Waals surface area contributed by atoms with Crippen LogP contribution in [-0.2, 0) is 9.53 Å². The van der Waals surface area contributed by atoms with E-state index in [-0.39, 0.29) is 11.3 Å². The number of rotatable bonds is 3. The molecule has 3 heteroatoms. The molecular weight excluding hydrogens is 152 g/mol. The van der Waals surface area contributed by atoms with Crippen molar-refractivity contribution in [2.45, 2.75) is 18.7 Å². The lowest BCUT2D eigenvalue weighted by molar-refractivity contribution is -0.134. The normalized spacial score (nSPS) is 13.5. The zero-order valence-electron chi connectivity index (χ0n) is 6.13. The fourth-order valence-corrected chi connectivity index (χ4v) is 0.460. The molecule has 10 heavy (non-hydrogen) atoms. The van der Waals surface area contributed by atoms with Gasteiger partial charge >= 0.3 is 5.97 Å². The third-order valence-corrected chi connectivity index (χ3v) is 1.49. The summed E-state index contributed by atoms with van der Waals surface area (Å²) in [7, 11) is 1.34. The first-order valence-electron chi connectivity index (χ1n) is 3.11. The summed E-state index contributed by atoms with van der Waals surface area (Å²) in [5.74, 6) is -0.362. The standard InChI is InChI=1S/C7H11ClO2/c1-3-6(8)4-5-7(9)10-2/h4-6H,3H2,1-2H3/b5-4+. The van der Waals surface area contributed by atoms with Gasteiger partial charge < -0.3 is 4.74 Å². The predicted molar refractivity (Wildman–Crippen MR) is 41.1 cm³/mol. The molecule has 0 aromatic rings. The van der Waals surface area contributed by atoms with Gasteiger partial charge in [-0.05, 0) is 6.42 Å². The molecule has 0 saturated carbocycles. The molecule has 58 valence electrons. The number of esters is 1. The zero-order chi connectivity index (χ0) is 7.98. The molecule has 0 rings (SSSR count). The van der Waals surface area contributed by atoms with E-state index in [0.29, 0.717) is 0 Å². The van der Waals surface area contributed by atoms with Crippen LogP contribution >= 0.6 is 11.6 Å². The van der Waals surface area contributed by atoms with Crippen molar-refractivity contribution in [1.29, 1.82) is 0 Å². The lowest BCUT2D eigenvalue weighted by Crippen LogP contribution is -1.96. The Morgan fingerprint density at radius 2 is 2.40 bits per heavy atom. The molecule has 0 aromatic heterocycles. The Hall–Kier alpha value is -0.500. The fourth-order valence-electron chi connectivity index (χ4n) is 0.387. The van der Waals surface area contributed by atoms with Crippen molar-refractivity contribution in [3.63, 3.8) is 0 Å². The van der Waals surface area contributed by atoms with Crippen LogP contribution in [0.25, 0.3) is 0 Å². The summed E-state index contributed by atoms with van der Waals surface area (Å²) < 4.78 is 4.36. The van der Waals surface area contributed by atoms with Crippen LogP contribution in [0.5, 0.6) is 0 Å². The van der Waals surface area contributed by atoms with Gasteiger partial charge in [-0.25, -0.2) is 4.79 Å². The van der Waals surface area contributed by atoms with Crippen LogP contribution in [-0.4, -0.2) is 18.5 Å². The topological polar surface area (TPSA) is 26.3 Å². The van der Waals surface area contributed by atoms with Crippen LogP contribution in [0.1, 0.15) is 13.3 Å². The SMILES string of the molecule is CCC(Cl)/C=C/C(=O)OC. The lowest BCUT2D eigenvalue weighted by atomic mass is 10.3. The number of carbonyl (C=O) groups is 1. The van der Waals surface area contributed by atoms with Crippen LogP contribution in [0.4, 0.5) is 0 Å². The van der Waals surface area contributed by atoms with Crippen LogP contribution in [0, 0.1) is 0 Å². The third kappa shape index (κ3) is 4.39. The Bertz CT molecular complexity index is 132. The van der Waals surface area contributed by atoms with Crippen LogP contribution in [0.3, 0.4) is 0 Å². The highest BCUT2D eigenvalue weighted by Crippen LogP contribution is 2.01. The Morgan fingerprint density at radius 1 is 1.80 bits per heavy atom. The smallest absolute Gasteiger partial charge is 0.330 e. The second-order valence-corrected chi connectivity index (χ2v) is 2.37. The molecule has 2 nitrogen and oxygen atoms in total. The number of hydrogen-bond acceptors (Lipinski definition) is 2. The van der Waals surface area contributed by atoms with Gasteiger partial charge in [-0.15, -0.1) is 11.6 Å². The summed E-state index contributed by atoms with van der Waals surface area (Å²) in [6, 6.07) is 0. The lowest BCUT2D eigenvalue weighted by Gasteiger charge is -1.95. The van der Waals surface area contributed by atoms with E-state index >= 15 is 0 Å². The molecule has 0 N–H and O–H groups in total. The monoisotopic (exact) mass is 162 g/mol. The van der Waals surface area contributed by atoms with E-state index in [1.165, 1.54) is 13.2 Å². The Kier molecular flexibility index (Phi) is 5.03. The summed E-state index contributed by atoms with van der Waals surface area (Å²) in [4.78, 5) is 10.5. The maximum Gasteiger partial charge on any atom is 0.330 e. The Balaban J connectivity index is 3.63. The number of ether oxygens (including phenoxy) is 1. The minimum Gasteiger partial charge on any atom is -0.466 e. The quantitative estimate of drug-likeness (QED) is 0.359. The molecule has 0 aliphatic carbocycles. The van der Waals surface area contributed by atoms with E-state index in [9.17, 15) is 4.79 Å². The molecule has 0 spiro atoms. The highest BCUT2D eigenvalue weighted by atomic mass is 35.5. The molecule has 0 bridgehead atoms. The number of alkyl halides is 1. The minimum absolute atomic E-state index is 0.0703. The molecule has 1 atom stereocenters. The van der Waals surface area contributed by atoms with Gasteiger partial charge in [-0.3, -0.25) is 0 Å². The zero-order valence-corrected chi connectivity index (χ0v) is 6.89. The number of halogens is 1. The second kappa shape index (κ2) is 5.30. The molecule has 0 aliphatic rings. The summed E-state index contributed by atoms with van der Waals surface area (Å²) in [6.45, 7) is 1.94. The van der Waals surface area contributed by atoms with E-state index in [4.69, 9.17) is 11.6 Å². The molecule has 0 aromatic carbocycles. The first kappa shape index (κ1) is 9.50. The molecule has 1 unspecified atom stereocenters. The highest BCUT2D eigenvalue weighted by molar-refractivity contribution is 6.21. The van der Waals surface area contributed by atoms with Crippen LogP contribution in [0.15, 0.2) is 12.2 Å². The van der Waals surface area contributed by atoms with Crippen molar-refractivity contribution in [3.8, 4) is 0 Å². The van der Waals surface area contributed by atoms with Crippen molar-refractivity contribution in [3.05, 3.63) is 12.2 Å². The first-order chi connectivity index (χ1) is 4.70. The summed E-state index contributed by atoms with van der Waals surface area (Å²) in [6.07, 6.45) is 3.77. The first-order valence-corrected chi connectivity index (χ1v) is 3.54. The maximum absolute atomic E-state index is 10.5. The van der Waals surface area contributed by atoms with Crippen molar-refractivity contribution < 1.29 is 9.53 Å². The number of allylic oxidation sites excluding steroid dienone is 1. The average Bonchev–Trinajstić information content (AvgIpc) is 1.99. The summed E-state index contributed by atoms with van der Waals surface area (Å²) in [5, 5.41) is -0.0703. The molecular formula is C7H11ClO2. The van der Waals surface area contributed by atoms with Gasteiger partial charge in [0.05, 0.1) is 12.5 Å². The second-order valence-electron chi connectivity index (χ2n) is 1.81. The predicted octanol–water partition coefficient (Wildman–Crippen LogP) is 1.73. The molecule has 0 aliphatic heterocycles. The van der Waals surface area contributed by atoms with Gasteiger partial charge in [0, 0.05) is 6.08 Å². The molecule has 0 amide bonds. The Labute approximate surface area is 65.8 Å². The van der Waals surface area contributed by atoms with Crippen LogP contribution < -0.4 is 0 Å². The number of methoxy groups -OCH3 is 1. The van der Waals surface area contributed by atoms with Gasteiger partial charge in [-0.1, -0.05) is 13.0 Å². The van der Waals surface area contributed by atoms with Gasteiger partial charge in [0.1, 0.15) is 0 Å². The molecule has 0 heterocycles. The van der Waals surface area contributed by atoms with E-state index < -0.39 is 0 Å². The third-order valence-electron chi connectivity index (χ3n) is 1.03. The van der Waals surface area contributed by atoms with Gasteiger partial charge in [0.15, 0.2) is 0 Å². The Morgan fingerprint density at radius 3 is 2.80 bits per heavy atom. The van der Waals surface area contributed by atoms with Crippen molar-refractivity contribution in [2.75, 3.05) is 7.11 Å². The van der Waals surface area contributed by atoms with Crippen molar-refractivity contribution in [2.24, 2.45) is 0 Å². The van der Waals surface area contributed by atoms with E-state index in [1.54, 1.807) is 6.08 Å². The molecule has 0 radical (unpaired) electrons. The van der Waals surface area contributed by atoms with Crippen molar-refractivity contribution in [1.82, 2.24) is 0 Å². The molecule has 0 saturated heterocycles. The van der Waals surface area contributed by atoms with E-state index in [2.05, 4.69) is 4.74 Å². The maximum atomic E-state index is 10.5. The van der Waals surface area contributed by atoms with E-state index in [0.717, 1.165) is 6.42 Å². The largest absolute Gasteiger partial charge is 0.466 e. The van der Waals surface area contributed by atoms with Gasteiger partial charge in [0.2, 0.25) is 0 Å². The number of carbonyl (C=O) groups excluding carboxylic acids is 1. The molecule has 0 fully saturated rings. The van der Waals surface area contributed by atoms with E-state index in [1.807, 2.05) is 6.92 Å². The van der Waals surface area contributed by atoms with Crippen molar-refractivity contribution >= 4 is 17.6 Å². The number of hydrogen-bond donors (Lipinski definition) is 0. The highest BCUT2D eigenvalue weighted by Gasteiger charge is 1.95. The average molecular weight is 163 g/mol. The minimum atomic E-state index is -0.362.